The van der Waals surface area contributed by atoms with Crippen molar-refractivity contribution >= 4 is 62.4 Å². The number of nitrogens with zero attached hydrogens (tertiary/aromatic N) is 1. The zero-order valence-corrected chi connectivity index (χ0v) is 19.6. The monoisotopic (exact) mass is 469 g/mol. The molecule has 0 saturated carbocycles. The van der Waals surface area contributed by atoms with E-state index in [0.29, 0.717) is 27.0 Å². The number of nitrogens with one attached hydrogen (secondary N) is 2. The summed E-state index contributed by atoms with van der Waals surface area (Å²) in [5.74, 6) is 0.896. The number of carbonyl (C=O) groups is 1. The molecular formula is C20H21Cl2N3O2S2. The molecule has 5 nitrogen and oxygen atoms in total. The summed E-state index contributed by atoms with van der Waals surface area (Å²) >= 11 is 15.1. The van der Waals surface area contributed by atoms with E-state index in [1.165, 1.54) is 23.1 Å². The maximum Gasteiger partial charge on any atom is 0.259 e. The number of thiophene rings is 1. The van der Waals surface area contributed by atoms with E-state index in [-0.39, 0.29) is 22.8 Å². The van der Waals surface area contributed by atoms with Crippen LogP contribution in [0.4, 0.5) is 0 Å². The van der Waals surface area contributed by atoms with E-state index in [9.17, 15) is 9.59 Å². The Morgan fingerprint density at radius 2 is 2.03 bits per heavy atom. The van der Waals surface area contributed by atoms with Crippen molar-refractivity contribution in [2.75, 3.05) is 0 Å². The lowest BCUT2D eigenvalue weighted by molar-refractivity contribution is -0.120. The van der Waals surface area contributed by atoms with Crippen molar-refractivity contribution in [2.24, 2.45) is 0 Å². The zero-order valence-electron chi connectivity index (χ0n) is 16.4. The standard InChI is InChI=1S/C20H21Cl2N3O2S2/c1-9-11(3)29-20-17(9)19(27)24-16(25-20)8-28-12(4)18(26)23-10(2)14-6-5-13(21)7-15(14)22/h5-7,10,12H,8H2,1-4H3,(H,23,26)(H,24,25,27)/t10-,12-/m0/s1. The maximum absolute atomic E-state index is 12.6. The van der Waals surface area contributed by atoms with Gasteiger partial charge in [0.1, 0.15) is 10.7 Å². The van der Waals surface area contributed by atoms with Crippen LogP contribution in [0.3, 0.4) is 0 Å². The van der Waals surface area contributed by atoms with Crippen LogP contribution in [-0.2, 0) is 10.5 Å². The molecule has 0 aliphatic carbocycles. The molecule has 2 aromatic heterocycles. The number of amides is 1. The van der Waals surface area contributed by atoms with Crippen LogP contribution in [0.15, 0.2) is 23.0 Å². The first-order chi connectivity index (χ1) is 13.7. The molecular weight excluding hydrogens is 449 g/mol. The van der Waals surface area contributed by atoms with Gasteiger partial charge in [0.05, 0.1) is 22.4 Å². The van der Waals surface area contributed by atoms with Gasteiger partial charge in [0, 0.05) is 14.9 Å². The summed E-state index contributed by atoms with van der Waals surface area (Å²) in [6.45, 7) is 7.61. The molecule has 154 valence electrons. The average molecular weight is 470 g/mol. The largest absolute Gasteiger partial charge is 0.349 e. The topological polar surface area (TPSA) is 74.8 Å². The van der Waals surface area contributed by atoms with Crippen molar-refractivity contribution in [3.8, 4) is 0 Å². The highest BCUT2D eigenvalue weighted by Crippen LogP contribution is 2.28. The summed E-state index contributed by atoms with van der Waals surface area (Å²) in [4.78, 5) is 34.2. The minimum atomic E-state index is -0.323. The van der Waals surface area contributed by atoms with Crippen molar-refractivity contribution in [2.45, 2.75) is 44.7 Å². The fraction of sp³-hybridized carbons (Fsp3) is 0.350. The summed E-state index contributed by atoms with van der Waals surface area (Å²) < 4.78 is 0. The van der Waals surface area contributed by atoms with Gasteiger partial charge in [-0.1, -0.05) is 29.3 Å². The molecule has 1 aromatic carbocycles. The first-order valence-electron chi connectivity index (χ1n) is 9.03. The van der Waals surface area contributed by atoms with Gasteiger partial charge in [-0.15, -0.1) is 23.1 Å². The molecule has 29 heavy (non-hydrogen) atoms. The lowest BCUT2D eigenvalue weighted by atomic mass is 10.1. The maximum atomic E-state index is 12.6. The molecule has 0 aliphatic rings. The molecule has 3 rings (SSSR count). The van der Waals surface area contributed by atoms with Gasteiger partial charge in [-0.25, -0.2) is 4.98 Å². The van der Waals surface area contributed by atoms with Crippen LogP contribution in [-0.4, -0.2) is 21.1 Å². The summed E-state index contributed by atoms with van der Waals surface area (Å²) in [5, 5.41) is 4.36. The number of benzene rings is 1. The lowest BCUT2D eigenvalue weighted by Gasteiger charge is -2.18. The summed E-state index contributed by atoms with van der Waals surface area (Å²) in [6, 6.07) is 4.96. The van der Waals surface area contributed by atoms with Crippen molar-refractivity contribution in [3.63, 3.8) is 0 Å². The number of H-pyrrole nitrogens is 1. The Kier molecular flexibility index (Phi) is 6.94. The van der Waals surface area contributed by atoms with E-state index in [4.69, 9.17) is 23.2 Å². The highest BCUT2D eigenvalue weighted by Gasteiger charge is 2.19. The lowest BCUT2D eigenvalue weighted by Crippen LogP contribution is -2.33. The Labute approximate surface area is 187 Å². The Bertz CT molecular complexity index is 1130. The first-order valence-corrected chi connectivity index (χ1v) is 11.6. The Morgan fingerprint density at radius 1 is 1.31 bits per heavy atom. The molecule has 2 atom stereocenters. The van der Waals surface area contributed by atoms with Crippen LogP contribution >= 0.6 is 46.3 Å². The third kappa shape index (κ3) is 4.97. The number of carbonyl (C=O) groups excluding carboxylic acids is 1. The van der Waals surface area contributed by atoms with Gasteiger partial charge in [-0.2, -0.15) is 0 Å². The molecule has 0 spiro atoms. The SMILES string of the molecule is Cc1sc2nc(CS[C@@H](C)C(=O)N[C@@H](C)c3ccc(Cl)cc3Cl)[nH]c(=O)c2c1C. The highest BCUT2D eigenvalue weighted by molar-refractivity contribution is 7.99. The van der Waals surface area contributed by atoms with Crippen molar-refractivity contribution < 1.29 is 4.79 Å². The van der Waals surface area contributed by atoms with E-state index in [0.717, 1.165) is 20.8 Å². The number of rotatable bonds is 6. The molecule has 9 heteroatoms. The van der Waals surface area contributed by atoms with Gasteiger partial charge in [0.15, 0.2) is 0 Å². The quantitative estimate of drug-likeness (QED) is 0.506. The van der Waals surface area contributed by atoms with E-state index in [1.54, 1.807) is 12.1 Å². The van der Waals surface area contributed by atoms with Crippen LogP contribution in [0, 0.1) is 13.8 Å². The molecule has 2 N–H and O–H groups in total. The Morgan fingerprint density at radius 3 is 2.72 bits per heavy atom. The third-order valence-electron chi connectivity index (χ3n) is 4.72. The third-order valence-corrected chi connectivity index (χ3v) is 7.53. The van der Waals surface area contributed by atoms with Crippen molar-refractivity contribution in [1.82, 2.24) is 15.3 Å². The van der Waals surface area contributed by atoms with Crippen molar-refractivity contribution in [3.05, 3.63) is 60.4 Å². The molecule has 0 bridgehead atoms. The molecule has 0 saturated heterocycles. The van der Waals surface area contributed by atoms with Crippen LogP contribution in [0.5, 0.6) is 0 Å². The summed E-state index contributed by atoms with van der Waals surface area (Å²) in [6.07, 6.45) is 0. The number of halogens is 2. The second-order valence-electron chi connectivity index (χ2n) is 6.83. The van der Waals surface area contributed by atoms with E-state index >= 15 is 0 Å². The predicted molar refractivity (Wildman–Crippen MR) is 123 cm³/mol. The molecule has 3 aromatic rings. The van der Waals surface area contributed by atoms with E-state index < -0.39 is 0 Å². The Hall–Kier alpha value is -1.54. The second-order valence-corrected chi connectivity index (χ2v) is 10.2. The van der Waals surface area contributed by atoms with Gasteiger partial charge in [-0.3, -0.25) is 9.59 Å². The molecule has 0 radical (unpaired) electrons. The number of hydrogen-bond donors (Lipinski definition) is 2. The molecule has 2 heterocycles. The number of aromatic nitrogens is 2. The number of aryl methyl sites for hydroxylation is 2. The van der Waals surface area contributed by atoms with Gasteiger partial charge >= 0.3 is 0 Å². The fourth-order valence-electron chi connectivity index (χ4n) is 2.91. The van der Waals surface area contributed by atoms with Crippen LogP contribution in [0.2, 0.25) is 10.0 Å². The van der Waals surface area contributed by atoms with Gasteiger partial charge in [-0.05, 0) is 51.0 Å². The zero-order chi connectivity index (χ0) is 21.3. The van der Waals surface area contributed by atoms with Crippen LogP contribution < -0.4 is 10.9 Å². The smallest absolute Gasteiger partial charge is 0.259 e. The fourth-order valence-corrected chi connectivity index (χ4v) is 5.29. The molecule has 0 unspecified atom stereocenters. The van der Waals surface area contributed by atoms with Gasteiger partial charge in [0.25, 0.3) is 5.56 Å². The molecule has 0 fully saturated rings. The number of thioether (sulfide) groups is 1. The van der Waals surface area contributed by atoms with E-state index in [2.05, 4.69) is 15.3 Å². The predicted octanol–water partition coefficient (Wildman–Crippen LogP) is 5.41. The highest BCUT2D eigenvalue weighted by atomic mass is 35.5. The Balaban J connectivity index is 1.64. The molecule has 1 amide bonds. The summed E-state index contributed by atoms with van der Waals surface area (Å²) in [5.41, 5.74) is 1.65. The summed E-state index contributed by atoms with van der Waals surface area (Å²) in [7, 11) is 0. The minimum Gasteiger partial charge on any atom is -0.349 e. The van der Waals surface area contributed by atoms with Crippen LogP contribution in [0.25, 0.3) is 10.2 Å². The number of aromatic amines is 1. The average Bonchev–Trinajstić information content (AvgIpc) is 2.93. The van der Waals surface area contributed by atoms with Gasteiger partial charge < -0.3 is 10.3 Å². The number of fused-ring (bicyclic) bond motifs is 1. The van der Waals surface area contributed by atoms with Gasteiger partial charge in [0.2, 0.25) is 5.91 Å². The first kappa shape index (κ1) is 22.2. The number of hydrogen-bond acceptors (Lipinski definition) is 5. The minimum absolute atomic E-state index is 0.111. The van der Waals surface area contributed by atoms with E-state index in [1.807, 2.05) is 33.8 Å². The van der Waals surface area contributed by atoms with Crippen LogP contribution in [0.1, 0.15) is 41.7 Å². The normalized spacial score (nSPS) is 13.4. The molecule has 0 aliphatic heterocycles. The second kappa shape index (κ2) is 9.08. The van der Waals surface area contributed by atoms with Crippen molar-refractivity contribution in [1.29, 1.82) is 0 Å².